The Kier molecular flexibility index (Phi) is 4.24. The second kappa shape index (κ2) is 6.33. The van der Waals surface area contributed by atoms with Crippen LogP contribution in [0.1, 0.15) is 23.1 Å². The third-order valence-electron chi connectivity index (χ3n) is 3.60. The summed E-state index contributed by atoms with van der Waals surface area (Å²) in [5.41, 5.74) is 0.367. The molecule has 1 fully saturated rings. The van der Waals surface area contributed by atoms with Gasteiger partial charge in [-0.1, -0.05) is 0 Å². The van der Waals surface area contributed by atoms with Gasteiger partial charge in [0, 0.05) is 19.3 Å². The lowest BCUT2D eigenvalue weighted by Gasteiger charge is -2.28. The summed E-state index contributed by atoms with van der Waals surface area (Å²) in [5.74, 6) is 0.296. The summed E-state index contributed by atoms with van der Waals surface area (Å²) in [6.07, 6.45) is 1.28. The minimum Gasteiger partial charge on any atom is -0.506 e. The van der Waals surface area contributed by atoms with Crippen molar-refractivity contribution < 1.29 is 19.4 Å². The fraction of sp³-hybridized carbons (Fsp3) is 0.467. The van der Waals surface area contributed by atoms with E-state index in [4.69, 9.17) is 9.47 Å². The molecule has 1 aliphatic heterocycles. The third-order valence-corrected chi connectivity index (χ3v) is 3.60. The number of pyridine rings is 1. The van der Waals surface area contributed by atoms with E-state index in [2.05, 4.69) is 15.0 Å². The first-order valence-corrected chi connectivity index (χ1v) is 7.48. The maximum atomic E-state index is 12.0. The smallest absolute Gasteiger partial charge is 0.343 e. The molecule has 1 aliphatic rings. The predicted octanol–water partition coefficient (Wildman–Crippen LogP) is 1.05. The molecule has 0 aliphatic carbocycles. The molecule has 3 rings (SSSR count). The third kappa shape index (κ3) is 2.89. The summed E-state index contributed by atoms with van der Waals surface area (Å²) in [5, 5.41) is 10.9. The number of aromatic nitrogens is 3. The number of carbonyl (C=O) groups is 1. The van der Waals surface area contributed by atoms with Crippen LogP contribution in [0.15, 0.2) is 6.20 Å². The fourth-order valence-electron chi connectivity index (χ4n) is 2.53. The van der Waals surface area contributed by atoms with E-state index < -0.39 is 5.97 Å². The molecule has 8 nitrogen and oxygen atoms in total. The van der Waals surface area contributed by atoms with Crippen molar-refractivity contribution >= 4 is 22.8 Å². The van der Waals surface area contributed by atoms with Crippen LogP contribution >= 0.6 is 0 Å². The van der Waals surface area contributed by atoms with E-state index in [1.54, 1.807) is 13.8 Å². The molecule has 0 bridgehead atoms. The Bertz CT molecular complexity index is 744. The second-order valence-electron chi connectivity index (χ2n) is 5.13. The Hall–Kier alpha value is -2.48. The fourth-order valence-corrected chi connectivity index (χ4v) is 2.53. The van der Waals surface area contributed by atoms with Gasteiger partial charge in [-0.25, -0.2) is 19.7 Å². The van der Waals surface area contributed by atoms with E-state index in [-0.39, 0.29) is 17.9 Å². The van der Waals surface area contributed by atoms with Crippen molar-refractivity contribution in [2.45, 2.75) is 13.8 Å². The quantitative estimate of drug-likeness (QED) is 0.839. The van der Waals surface area contributed by atoms with Crippen molar-refractivity contribution in [3.63, 3.8) is 0 Å². The van der Waals surface area contributed by atoms with E-state index in [0.717, 1.165) is 0 Å². The highest BCUT2D eigenvalue weighted by Gasteiger charge is 2.23. The van der Waals surface area contributed by atoms with Crippen LogP contribution in [0.5, 0.6) is 5.75 Å². The van der Waals surface area contributed by atoms with Crippen molar-refractivity contribution in [3.8, 4) is 5.75 Å². The molecule has 2 aromatic rings. The number of ether oxygens (including phenoxy) is 2. The van der Waals surface area contributed by atoms with Crippen LogP contribution in [0.2, 0.25) is 0 Å². The van der Waals surface area contributed by atoms with Gasteiger partial charge in [-0.3, -0.25) is 0 Å². The molecule has 2 aromatic heterocycles. The first-order chi connectivity index (χ1) is 11.1. The Morgan fingerprint density at radius 2 is 2.13 bits per heavy atom. The standard InChI is InChI=1S/C15H18N4O4/c1-3-23-15(21)10-8-16-13-11(12(10)20)14(18-9(2)17-13)19-4-6-22-7-5-19/h8H,3-7H2,1-2H3,(H,16,17,18,20). The van der Waals surface area contributed by atoms with Crippen LogP contribution in [-0.4, -0.2) is 58.9 Å². The normalized spacial score (nSPS) is 15.0. The zero-order valence-corrected chi connectivity index (χ0v) is 13.1. The maximum absolute atomic E-state index is 12.0. The number of anilines is 1. The Morgan fingerprint density at radius 1 is 1.39 bits per heavy atom. The summed E-state index contributed by atoms with van der Waals surface area (Å²) >= 11 is 0. The molecule has 0 saturated carbocycles. The summed E-state index contributed by atoms with van der Waals surface area (Å²) < 4.78 is 10.3. The molecule has 0 atom stereocenters. The number of aromatic hydroxyl groups is 1. The average Bonchev–Trinajstić information content (AvgIpc) is 2.55. The SMILES string of the molecule is CCOC(=O)c1cnc2nc(C)nc(N3CCOCC3)c2c1O. The molecule has 1 saturated heterocycles. The molecule has 23 heavy (non-hydrogen) atoms. The van der Waals surface area contributed by atoms with Gasteiger partial charge >= 0.3 is 5.97 Å². The highest BCUT2D eigenvalue weighted by molar-refractivity contribution is 6.02. The van der Waals surface area contributed by atoms with E-state index in [1.807, 2.05) is 4.90 Å². The minimum atomic E-state index is -0.618. The summed E-state index contributed by atoms with van der Waals surface area (Å²) in [4.78, 5) is 26.8. The minimum absolute atomic E-state index is 0.0151. The summed E-state index contributed by atoms with van der Waals surface area (Å²) in [6, 6.07) is 0. The summed E-state index contributed by atoms with van der Waals surface area (Å²) in [7, 11) is 0. The Balaban J connectivity index is 2.17. The van der Waals surface area contributed by atoms with E-state index in [9.17, 15) is 9.90 Å². The molecule has 3 heterocycles. The number of nitrogens with zero attached hydrogens (tertiary/aromatic N) is 4. The van der Waals surface area contributed by atoms with Crippen LogP contribution in [-0.2, 0) is 9.47 Å². The van der Waals surface area contributed by atoms with Gasteiger partial charge in [0.15, 0.2) is 5.65 Å². The van der Waals surface area contributed by atoms with Crippen LogP contribution in [0, 0.1) is 6.92 Å². The van der Waals surface area contributed by atoms with Crippen molar-refractivity contribution in [1.82, 2.24) is 15.0 Å². The monoisotopic (exact) mass is 318 g/mol. The molecule has 0 radical (unpaired) electrons. The Morgan fingerprint density at radius 3 is 2.83 bits per heavy atom. The molecule has 0 aromatic carbocycles. The predicted molar refractivity (Wildman–Crippen MR) is 82.7 cm³/mol. The van der Waals surface area contributed by atoms with Gasteiger partial charge in [0.05, 0.1) is 19.8 Å². The average molecular weight is 318 g/mol. The number of carbonyl (C=O) groups excluding carboxylic acids is 1. The van der Waals surface area contributed by atoms with Crippen LogP contribution in [0.3, 0.4) is 0 Å². The number of hydrogen-bond acceptors (Lipinski definition) is 8. The van der Waals surface area contributed by atoms with Gasteiger partial charge in [0.2, 0.25) is 0 Å². The highest BCUT2D eigenvalue weighted by Crippen LogP contribution is 2.34. The molecule has 0 amide bonds. The molecule has 0 spiro atoms. The van der Waals surface area contributed by atoms with Gasteiger partial charge in [-0.05, 0) is 13.8 Å². The number of morpholine rings is 1. The number of aryl methyl sites for hydroxylation is 1. The van der Waals surface area contributed by atoms with Gasteiger partial charge in [0.25, 0.3) is 0 Å². The zero-order valence-electron chi connectivity index (χ0n) is 13.1. The van der Waals surface area contributed by atoms with E-state index >= 15 is 0 Å². The molecule has 0 unspecified atom stereocenters. The summed E-state index contributed by atoms with van der Waals surface area (Å²) in [6.45, 7) is 6.14. The van der Waals surface area contributed by atoms with Gasteiger partial charge < -0.3 is 19.5 Å². The first kappa shape index (κ1) is 15.4. The molecular weight excluding hydrogens is 300 g/mol. The maximum Gasteiger partial charge on any atom is 0.343 e. The highest BCUT2D eigenvalue weighted by atomic mass is 16.5. The lowest BCUT2D eigenvalue weighted by atomic mass is 10.1. The number of fused-ring (bicyclic) bond motifs is 1. The number of esters is 1. The van der Waals surface area contributed by atoms with Crippen LogP contribution in [0.4, 0.5) is 5.82 Å². The second-order valence-corrected chi connectivity index (χ2v) is 5.13. The van der Waals surface area contributed by atoms with Crippen LogP contribution < -0.4 is 4.90 Å². The number of hydrogen-bond donors (Lipinski definition) is 1. The molecular formula is C15H18N4O4. The molecule has 122 valence electrons. The van der Waals surface area contributed by atoms with E-state index in [1.165, 1.54) is 6.20 Å². The lowest BCUT2D eigenvalue weighted by molar-refractivity contribution is 0.0523. The number of rotatable bonds is 3. The largest absolute Gasteiger partial charge is 0.506 e. The first-order valence-electron chi connectivity index (χ1n) is 7.48. The van der Waals surface area contributed by atoms with Gasteiger partial charge in [-0.2, -0.15) is 0 Å². The molecule has 8 heteroatoms. The lowest BCUT2D eigenvalue weighted by Crippen LogP contribution is -2.37. The van der Waals surface area contributed by atoms with Crippen molar-refractivity contribution in [1.29, 1.82) is 0 Å². The van der Waals surface area contributed by atoms with Crippen molar-refractivity contribution in [2.24, 2.45) is 0 Å². The van der Waals surface area contributed by atoms with Gasteiger partial charge in [0.1, 0.15) is 28.3 Å². The van der Waals surface area contributed by atoms with Crippen molar-refractivity contribution in [2.75, 3.05) is 37.8 Å². The van der Waals surface area contributed by atoms with Gasteiger partial charge in [-0.15, -0.1) is 0 Å². The van der Waals surface area contributed by atoms with Crippen molar-refractivity contribution in [3.05, 3.63) is 17.6 Å². The Labute approximate surface area is 133 Å². The topological polar surface area (TPSA) is 97.7 Å². The zero-order chi connectivity index (χ0) is 16.4. The van der Waals surface area contributed by atoms with E-state index in [0.29, 0.717) is 49.0 Å². The molecule has 1 N–H and O–H groups in total. The van der Waals surface area contributed by atoms with Crippen LogP contribution in [0.25, 0.3) is 11.0 Å².